The third-order valence-corrected chi connectivity index (χ3v) is 2.89. The van der Waals surface area contributed by atoms with E-state index in [1.54, 1.807) is 0 Å². The Morgan fingerprint density at radius 3 is 2.67 bits per heavy atom. The van der Waals surface area contributed by atoms with Crippen LogP contribution < -0.4 is 5.73 Å². The summed E-state index contributed by atoms with van der Waals surface area (Å²) >= 11 is 0. The molecule has 3 heteroatoms. The van der Waals surface area contributed by atoms with Crippen molar-refractivity contribution in [2.45, 2.75) is 13.3 Å². The number of rotatable bonds is 3. The maximum absolute atomic E-state index is 8.84. The zero-order valence-corrected chi connectivity index (χ0v) is 10.4. The van der Waals surface area contributed by atoms with Gasteiger partial charge in [0.05, 0.1) is 17.3 Å². The second kappa shape index (κ2) is 5.44. The number of aryl methyl sites for hydroxylation is 1. The predicted octanol–water partition coefficient (Wildman–Crippen LogP) is 2.43. The van der Waals surface area contributed by atoms with Gasteiger partial charge in [-0.15, -0.1) is 0 Å². The first-order valence-corrected chi connectivity index (χ1v) is 5.90. The van der Waals surface area contributed by atoms with E-state index in [1.807, 2.05) is 43.5 Å². The minimum Gasteiger partial charge on any atom is -0.330 e. The molecule has 90 valence electrons. The minimum atomic E-state index is 0.636. The Morgan fingerprint density at radius 2 is 2.11 bits per heavy atom. The number of nitrogens with zero attached hydrogens (tertiary/aromatic N) is 2. The van der Waals surface area contributed by atoms with Gasteiger partial charge < -0.3 is 5.73 Å². The van der Waals surface area contributed by atoms with Crippen molar-refractivity contribution in [2.75, 3.05) is 6.54 Å². The summed E-state index contributed by atoms with van der Waals surface area (Å²) in [5.41, 5.74) is 10.4. The van der Waals surface area contributed by atoms with Gasteiger partial charge in [-0.2, -0.15) is 5.26 Å². The first-order chi connectivity index (χ1) is 8.74. The van der Waals surface area contributed by atoms with Crippen LogP contribution in [0.2, 0.25) is 0 Å². The molecule has 0 radical (unpaired) electrons. The molecular formula is C15H15N3. The molecule has 3 nitrogen and oxygen atoms in total. The molecule has 0 unspecified atom stereocenters. The fourth-order valence-corrected chi connectivity index (χ4v) is 1.92. The van der Waals surface area contributed by atoms with E-state index in [0.717, 1.165) is 28.8 Å². The second-order valence-electron chi connectivity index (χ2n) is 4.23. The lowest BCUT2D eigenvalue weighted by atomic mass is 10.0. The molecule has 0 aliphatic heterocycles. The molecule has 0 saturated carbocycles. The highest BCUT2D eigenvalue weighted by molar-refractivity contribution is 5.64. The van der Waals surface area contributed by atoms with E-state index in [0.29, 0.717) is 12.1 Å². The number of nitrogens with two attached hydrogens (primary N) is 1. The molecule has 0 aliphatic rings. The monoisotopic (exact) mass is 237 g/mol. The van der Waals surface area contributed by atoms with Gasteiger partial charge in [0.15, 0.2) is 0 Å². The van der Waals surface area contributed by atoms with Gasteiger partial charge >= 0.3 is 0 Å². The summed E-state index contributed by atoms with van der Waals surface area (Å²) in [5, 5.41) is 8.84. The Balaban J connectivity index is 2.34. The van der Waals surface area contributed by atoms with Gasteiger partial charge in [-0.1, -0.05) is 12.1 Å². The highest BCUT2D eigenvalue weighted by Gasteiger charge is 2.04. The molecule has 2 aromatic rings. The SMILES string of the molecule is Cc1cc(C#N)ccc1-c1ccc(CCN)cn1. The maximum atomic E-state index is 8.84. The summed E-state index contributed by atoms with van der Waals surface area (Å²) in [6.45, 7) is 2.63. The fraction of sp³-hybridized carbons (Fsp3) is 0.200. The molecule has 0 fully saturated rings. The normalized spacial score (nSPS) is 10.1. The number of pyridine rings is 1. The number of nitriles is 1. The van der Waals surface area contributed by atoms with E-state index in [1.165, 1.54) is 0 Å². The largest absolute Gasteiger partial charge is 0.330 e. The van der Waals surface area contributed by atoms with E-state index in [4.69, 9.17) is 11.0 Å². The van der Waals surface area contributed by atoms with Crippen LogP contribution in [0.25, 0.3) is 11.3 Å². The Morgan fingerprint density at radius 1 is 1.28 bits per heavy atom. The molecule has 2 N–H and O–H groups in total. The van der Waals surface area contributed by atoms with Crippen LogP contribution in [0.1, 0.15) is 16.7 Å². The fourth-order valence-electron chi connectivity index (χ4n) is 1.92. The van der Waals surface area contributed by atoms with Crippen molar-refractivity contribution in [3.05, 3.63) is 53.2 Å². The molecule has 18 heavy (non-hydrogen) atoms. The molecule has 1 heterocycles. The van der Waals surface area contributed by atoms with Crippen LogP contribution in [-0.2, 0) is 6.42 Å². The van der Waals surface area contributed by atoms with Crippen LogP contribution in [0.3, 0.4) is 0 Å². The lowest BCUT2D eigenvalue weighted by Crippen LogP contribution is -2.03. The molecular weight excluding hydrogens is 222 g/mol. The first kappa shape index (κ1) is 12.3. The van der Waals surface area contributed by atoms with Crippen LogP contribution in [0, 0.1) is 18.3 Å². The van der Waals surface area contributed by atoms with E-state index in [2.05, 4.69) is 11.1 Å². The van der Waals surface area contributed by atoms with E-state index in [9.17, 15) is 0 Å². The second-order valence-corrected chi connectivity index (χ2v) is 4.23. The van der Waals surface area contributed by atoms with E-state index >= 15 is 0 Å². The average molecular weight is 237 g/mol. The van der Waals surface area contributed by atoms with Crippen LogP contribution >= 0.6 is 0 Å². The molecule has 0 bridgehead atoms. The number of benzene rings is 1. The molecule has 0 aliphatic carbocycles. The van der Waals surface area contributed by atoms with Gasteiger partial charge in [-0.3, -0.25) is 4.98 Å². The molecule has 1 aromatic carbocycles. The molecule has 0 atom stereocenters. The quantitative estimate of drug-likeness (QED) is 0.891. The van der Waals surface area contributed by atoms with Crippen molar-refractivity contribution in [3.8, 4) is 17.3 Å². The van der Waals surface area contributed by atoms with Crippen molar-refractivity contribution in [1.29, 1.82) is 5.26 Å². The van der Waals surface area contributed by atoms with Crippen molar-refractivity contribution < 1.29 is 0 Å². The van der Waals surface area contributed by atoms with Gasteiger partial charge in [-0.05, 0) is 49.2 Å². The van der Waals surface area contributed by atoms with E-state index < -0.39 is 0 Å². The highest BCUT2D eigenvalue weighted by Crippen LogP contribution is 2.22. The third-order valence-electron chi connectivity index (χ3n) is 2.89. The summed E-state index contributed by atoms with van der Waals surface area (Å²) in [4.78, 5) is 4.45. The van der Waals surface area contributed by atoms with Crippen molar-refractivity contribution in [2.24, 2.45) is 5.73 Å². The highest BCUT2D eigenvalue weighted by atomic mass is 14.7. The topological polar surface area (TPSA) is 62.7 Å². The smallest absolute Gasteiger partial charge is 0.0991 e. The van der Waals surface area contributed by atoms with E-state index in [-0.39, 0.29) is 0 Å². The van der Waals surface area contributed by atoms with Crippen LogP contribution in [0.15, 0.2) is 36.5 Å². The van der Waals surface area contributed by atoms with Gasteiger partial charge in [0, 0.05) is 11.8 Å². The predicted molar refractivity (Wildman–Crippen MR) is 71.9 cm³/mol. The van der Waals surface area contributed by atoms with Crippen molar-refractivity contribution >= 4 is 0 Å². The Bertz CT molecular complexity index is 580. The molecule has 0 spiro atoms. The maximum Gasteiger partial charge on any atom is 0.0991 e. The average Bonchev–Trinajstić information content (AvgIpc) is 2.40. The number of hydrogen-bond donors (Lipinski definition) is 1. The van der Waals surface area contributed by atoms with Crippen LogP contribution in [0.5, 0.6) is 0 Å². The molecule has 1 aromatic heterocycles. The minimum absolute atomic E-state index is 0.636. The zero-order chi connectivity index (χ0) is 13.0. The Hall–Kier alpha value is -2.18. The Kier molecular flexibility index (Phi) is 3.71. The lowest BCUT2D eigenvalue weighted by molar-refractivity contribution is 0.959. The Labute approximate surface area is 107 Å². The first-order valence-electron chi connectivity index (χ1n) is 5.90. The summed E-state index contributed by atoms with van der Waals surface area (Å²) in [6.07, 6.45) is 2.71. The summed E-state index contributed by atoms with van der Waals surface area (Å²) in [7, 11) is 0. The van der Waals surface area contributed by atoms with Crippen molar-refractivity contribution in [3.63, 3.8) is 0 Å². The molecule has 0 saturated heterocycles. The molecule has 2 rings (SSSR count). The molecule has 0 amide bonds. The zero-order valence-electron chi connectivity index (χ0n) is 10.4. The summed E-state index contributed by atoms with van der Waals surface area (Å²) < 4.78 is 0. The summed E-state index contributed by atoms with van der Waals surface area (Å²) in [6, 6.07) is 11.8. The van der Waals surface area contributed by atoms with Gasteiger partial charge in [0.2, 0.25) is 0 Å². The summed E-state index contributed by atoms with van der Waals surface area (Å²) in [5.74, 6) is 0. The van der Waals surface area contributed by atoms with Crippen LogP contribution in [0.4, 0.5) is 0 Å². The third kappa shape index (κ3) is 2.55. The number of aromatic nitrogens is 1. The van der Waals surface area contributed by atoms with Crippen LogP contribution in [-0.4, -0.2) is 11.5 Å². The van der Waals surface area contributed by atoms with Gasteiger partial charge in [-0.25, -0.2) is 0 Å². The van der Waals surface area contributed by atoms with Crippen molar-refractivity contribution in [1.82, 2.24) is 4.98 Å². The standard InChI is InChI=1S/C15H15N3/c1-11-8-13(9-17)2-4-14(11)15-5-3-12(6-7-16)10-18-15/h2-5,8,10H,6-7,16H2,1H3. The lowest BCUT2D eigenvalue weighted by Gasteiger charge is -2.06. The van der Waals surface area contributed by atoms with Gasteiger partial charge in [0.1, 0.15) is 0 Å². The van der Waals surface area contributed by atoms with Gasteiger partial charge in [0.25, 0.3) is 0 Å². The number of hydrogen-bond acceptors (Lipinski definition) is 3.